The molecule has 18 nitrogen and oxygen atoms in total. The maximum absolute atomic E-state index is 10.8. The third-order valence-electron chi connectivity index (χ3n) is 0.642. The normalized spacial score (nSPS) is 12.1. The number of rotatable bonds is 16. The van der Waals surface area contributed by atoms with Gasteiger partial charge in [0.2, 0.25) is 9.15 Å². The lowest BCUT2D eigenvalue weighted by molar-refractivity contribution is -0.882. The molecule has 0 aliphatic heterocycles. The van der Waals surface area contributed by atoms with Gasteiger partial charge in [0.1, 0.15) is 0 Å². The molecule has 0 radical (unpaired) electrons. The van der Waals surface area contributed by atoms with E-state index >= 15 is 0 Å². The summed E-state index contributed by atoms with van der Waals surface area (Å²) >= 11 is 8.40. The van der Waals surface area contributed by atoms with E-state index in [9.17, 15) is 8.42 Å². The van der Waals surface area contributed by atoms with Crippen LogP contribution in [0.2, 0.25) is 0 Å². The molecular weight excluding hydrogens is 416 g/mol. The van der Waals surface area contributed by atoms with E-state index in [1.807, 2.05) is 0 Å². The van der Waals surface area contributed by atoms with E-state index < -0.39 is 16.2 Å². The van der Waals surface area contributed by atoms with Crippen molar-refractivity contribution in [2.75, 3.05) is 0 Å². The van der Waals surface area contributed by atoms with Crippen LogP contribution >= 0.6 is 0 Å². The summed E-state index contributed by atoms with van der Waals surface area (Å²) < 4.78 is 25.1. The molecule has 0 fully saturated rings. The molecule has 0 aliphatic carbocycles. The highest BCUT2D eigenvalue weighted by atomic mass is 33.5. The third-order valence-corrected chi connectivity index (χ3v) is 5.36. The minimum atomic E-state index is -4.34. The summed E-state index contributed by atoms with van der Waals surface area (Å²) in [5, 5.41) is 54.8. The van der Waals surface area contributed by atoms with Crippen molar-refractivity contribution >= 4 is 38.6 Å². The first-order valence-electron chi connectivity index (χ1n) is 3.52. The number of hydrogen-bond donors (Lipinski definition) is 1. The second-order valence-corrected chi connectivity index (χ2v) is 9.12. The molecule has 0 aromatic heterocycles. The highest BCUT2D eigenvalue weighted by molar-refractivity contribution is 8.85. The fourth-order valence-corrected chi connectivity index (χ4v) is 0.954. The summed E-state index contributed by atoms with van der Waals surface area (Å²) in [6.07, 6.45) is 0. The van der Waals surface area contributed by atoms with Crippen LogP contribution in [0.1, 0.15) is 0 Å². The predicted octanol–water partition coefficient (Wildman–Crippen LogP) is -1.69. The zero-order chi connectivity index (χ0) is 16.7. The molecule has 0 rings (SSSR count). The molecule has 0 unspecified atom stereocenters. The van der Waals surface area contributed by atoms with Crippen LogP contribution in [0.15, 0.2) is 0 Å². The molecule has 0 saturated heterocycles. The van der Waals surface area contributed by atoms with Crippen molar-refractivity contribution in [2.45, 2.75) is 0 Å². The van der Waals surface area contributed by atoms with Gasteiger partial charge in [0.05, 0.1) is 0 Å². The molecule has 0 heterocycles. The van der Waals surface area contributed by atoms with Crippen LogP contribution in [-0.4, -0.2) is 13.7 Å². The smallest absolute Gasteiger partial charge is 0.237 e. The number of hydrogen-bond acceptors (Lipinski definition) is 21. The SMILES string of the molecule is O=S(=O)(OOOOOOOOOOOOOOOO)[S-](=S)=S. The molecule has 0 spiro atoms. The van der Waals surface area contributed by atoms with Gasteiger partial charge in [0, 0.05) is 0 Å². The molecule has 0 saturated carbocycles. The van der Waals surface area contributed by atoms with Gasteiger partial charge in [-0.2, -0.15) is 0 Å². The fraction of sp³-hybridized carbons (Fsp3) is 0. The Hall–Kier alpha value is 0.1000. The Balaban J connectivity index is 3.21. The first-order chi connectivity index (χ1) is 10.5. The van der Waals surface area contributed by atoms with Gasteiger partial charge in [-0.15, -0.1) is 0 Å². The summed E-state index contributed by atoms with van der Waals surface area (Å²) in [5.41, 5.74) is 0. The standard InChI is InChI=1S/HO18S4/c1-4-5-6-7-8-9-10-11-12-13-14-15-16-17-18-22(2,3)21(19)20/h1H/q-1. The van der Waals surface area contributed by atoms with E-state index in [1.54, 1.807) is 0 Å². The summed E-state index contributed by atoms with van der Waals surface area (Å²) in [6, 6.07) is 0. The minimum Gasteiger partial charge on any atom is -0.242 e. The maximum atomic E-state index is 10.8. The summed E-state index contributed by atoms with van der Waals surface area (Å²) in [7, 11) is -6.33. The van der Waals surface area contributed by atoms with Gasteiger partial charge >= 0.3 is 0 Å². The van der Waals surface area contributed by atoms with Gasteiger partial charge in [-0.3, -0.25) is 0 Å². The molecular formula is HO18S4-. The Morgan fingerprint density at radius 1 is 0.636 bits per heavy atom. The molecule has 0 aliphatic rings. The van der Waals surface area contributed by atoms with E-state index in [2.05, 4.69) is 97.2 Å². The van der Waals surface area contributed by atoms with Crippen LogP contribution in [0.3, 0.4) is 0 Å². The monoisotopic (exact) mass is 417 g/mol. The van der Waals surface area contributed by atoms with Crippen molar-refractivity contribution in [3.63, 3.8) is 0 Å². The molecule has 134 valence electrons. The lowest BCUT2D eigenvalue weighted by atomic mass is 14.0. The van der Waals surface area contributed by atoms with Gasteiger partial charge in [0.25, 0.3) is 0 Å². The van der Waals surface area contributed by atoms with Crippen molar-refractivity contribution < 1.29 is 88.5 Å². The molecule has 1 N–H and O–H groups in total. The maximum Gasteiger partial charge on any atom is 0.237 e. The first kappa shape index (κ1) is 22.1. The van der Waals surface area contributed by atoms with Crippen LogP contribution in [0.25, 0.3) is 0 Å². The second kappa shape index (κ2) is 14.7. The van der Waals surface area contributed by atoms with Crippen LogP contribution in [0.5, 0.6) is 0 Å². The third kappa shape index (κ3) is 13.7. The van der Waals surface area contributed by atoms with Crippen LogP contribution in [-0.2, 0) is 113 Å². The summed E-state index contributed by atoms with van der Waals surface area (Å²) in [6.45, 7) is 0. The van der Waals surface area contributed by atoms with Crippen molar-refractivity contribution in [2.24, 2.45) is 0 Å². The van der Waals surface area contributed by atoms with E-state index in [4.69, 9.17) is 5.26 Å². The van der Waals surface area contributed by atoms with Crippen LogP contribution in [0, 0.1) is 0 Å². The highest BCUT2D eigenvalue weighted by Crippen LogP contribution is 1.97. The van der Waals surface area contributed by atoms with E-state index in [1.165, 1.54) is 0 Å². The molecule has 0 aromatic rings. The Kier molecular flexibility index (Phi) is 14.7. The van der Waals surface area contributed by atoms with Crippen molar-refractivity contribution in [1.29, 1.82) is 0 Å². The fourth-order valence-electron chi connectivity index (χ4n) is 0.205. The average Bonchev–Trinajstić information content (AvgIpc) is 2.47. The Bertz CT molecular complexity index is 397. The van der Waals surface area contributed by atoms with Crippen molar-refractivity contribution in [3.05, 3.63) is 0 Å². The minimum absolute atomic E-state index is 1.99. The second-order valence-electron chi connectivity index (χ2n) is 1.64. The lowest BCUT2D eigenvalue weighted by Crippen LogP contribution is -2.08. The van der Waals surface area contributed by atoms with E-state index in [0.717, 1.165) is 0 Å². The van der Waals surface area contributed by atoms with E-state index in [-0.39, 0.29) is 0 Å². The van der Waals surface area contributed by atoms with Gasteiger partial charge in [-0.1, -0.05) is 4.33 Å². The summed E-state index contributed by atoms with van der Waals surface area (Å²) in [5.74, 6) is 0. The van der Waals surface area contributed by atoms with Crippen LogP contribution < -0.4 is 0 Å². The quantitative estimate of drug-likeness (QED) is 0.0980. The Morgan fingerprint density at radius 2 is 0.955 bits per heavy atom. The highest BCUT2D eigenvalue weighted by Gasteiger charge is 2.04. The Morgan fingerprint density at radius 3 is 1.27 bits per heavy atom. The molecule has 0 atom stereocenters. The van der Waals surface area contributed by atoms with E-state index in [0.29, 0.717) is 0 Å². The predicted molar refractivity (Wildman–Crippen MR) is 49.9 cm³/mol. The Labute approximate surface area is 127 Å². The molecule has 0 aromatic carbocycles. The van der Waals surface area contributed by atoms with Gasteiger partial charge in [-0.25, -0.2) is 43.1 Å². The summed E-state index contributed by atoms with van der Waals surface area (Å²) in [4.78, 5) is 0. The largest absolute Gasteiger partial charge is 0.242 e. The zero-order valence-electron chi connectivity index (χ0n) is 9.02. The first-order valence-corrected chi connectivity index (χ1v) is 8.52. The van der Waals surface area contributed by atoms with Crippen molar-refractivity contribution in [3.8, 4) is 0 Å². The molecule has 22 heteroatoms. The van der Waals surface area contributed by atoms with Crippen LogP contribution in [0.4, 0.5) is 0 Å². The molecule has 0 bridgehead atoms. The molecule has 0 amide bonds. The average molecular weight is 417 g/mol. The lowest BCUT2D eigenvalue weighted by Gasteiger charge is -2.03. The topological polar surface area (TPSA) is 193 Å². The zero-order valence-corrected chi connectivity index (χ0v) is 12.3. The van der Waals surface area contributed by atoms with Crippen molar-refractivity contribution in [1.82, 2.24) is 0 Å². The van der Waals surface area contributed by atoms with Gasteiger partial charge in [-0.05, 0) is 70.5 Å². The molecule has 22 heavy (non-hydrogen) atoms. The van der Waals surface area contributed by atoms with Gasteiger partial charge in [0.15, 0.2) is 0 Å². The van der Waals surface area contributed by atoms with Gasteiger partial charge < -0.3 is 0 Å².